The first-order valence-corrected chi connectivity index (χ1v) is 12.3. The third kappa shape index (κ3) is 7.68. The molecule has 0 aromatic heterocycles. The summed E-state index contributed by atoms with van der Waals surface area (Å²) < 4.78 is 0. The molecule has 1 aliphatic heterocycles. The molecule has 0 saturated carbocycles. The van der Waals surface area contributed by atoms with Crippen LogP contribution >= 0.6 is 34.8 Å². The Morgan fingerprint density at radius 3 is 2.09 bits per heavy atom. The predicted octanol–water partition coefficient (Wildman–Crippen LogP) is 8.07. The van der Waals surface area contributed by atoms with Crippen molar-refractivity contribution in [1.29, 1.82) is 0 Å². The van der Waals surface area contributed by atoms with Crippen LogP contribution in [0, 0.1) is 0 Å². The zero-order valence-corrected chi connectivity index (χ0v) is 21.3. The quantitative estimate of drug-likeness (QED) is 0.375. The molecule has 1 N–H and O–H groups in total. The summed E-state index contributed by atoms with van der Waals surface area (Å²) in [6.45, 7) is 4.51. The Bertz CT molecular complexity index is 894. The maximum absolute atomic E-state index is 12.0. The Labute approximate surface area is 206 Å². The standard InChI is InChI=1S/C17H14Cl3N3O.C8H18/c1-21-17(24)14-9-16(10-2-4-11(18)5-3-10)23(22-14)15-7-6-12(19)8-13(15)20;1-3-5-7-8-6-4-2/h2-8,16H,9H2,1H3,(H,21,24);3-8H2,1-2H3. The molecule has 1 unspecified atom stereocenters. The van der Waals surface area contributed by atoms with Gasteiger partial charge in [-0.1, -0.05) is 99.3 Å². The van der Waals surface area contributed by atoms with Crippen LogP contribution in [0.5, 0.6) is 0 Å². The Balaban J connectivity index is 0.000000390. The number of hydrogen-bond acceptors (Lipinski definition) is 3. The van der Waals surface area contributed by atoms with E-state index < -0.39 is 0 Å². The van der Waals surface area contributed by atoms with Gasteiger partial charge in [0.05, 0.1) is 16.8 Å². The van der Waals surface area contributed by atoms with Gasteiger partial charge in [0, 0.05) is 23.5 Å². The number of benzene rings is 2. The van der Waals surface area contributed by atoms with E-state index in [1.165, 1.54) is 38.5 Å². The van der Waals surface area contributed by atoms with Crippen LogP contribution in [0.25, 0.3) is 0 Å². The highest BCUT2D eigenvalue weighted by Gasteiger charge is 2.33. The van der Waals surface area contributed by atoms with Crippen molar-refractivity contribution in [3.63, 3.8) is 0 Å². The molecular formula is C25H32Cl3N3O. The largest absolute Gasteiger partial charge is 0.354 e. The molecule has 0 bridgehead atoms. The molecule has 1 amide bonds. The normalized spacial score (nSPS) is 15.1. The molecule has 7 heteroatoms. The molecule has 174 valence electrons. The van der Waals surface area contributed by atoms with Gasteiger partial charge in [0.15, 0.2) is 0 Å². The fourth-order valence-electron chi connectivity index (χ4n) is 3.48. The summed E-state index contributed by atoms with van der Waals surface area (Å²) in [7, 11) is 1.58. The molecule has 3 rings (SSSR count). The van der Waals surface area contributed by atoms with Gasteiger partial charge in [0.1, 0.15) is 5.71 Å². The first-order valence-electron chi connectivity index (χ1n) is 11.2. The van der Waals surface area contributed by atoms with Gasteiger partial charge in [-0.15, -0.1) is 0 Å². The van der Waals surface area contributed by atoms with E-state index in [4.69, 9.17) is 34.8 Å². The van der Waals surface area contributed by atoms with E-state index in [9.17, 15) is 4.79 Å². The van der Waals surface area contributed by atoms with Crippen molar-refractivity contribution in [3.8, 4) is 0 Å². The van der Waals surface area contributed by atoms with Crippen LogP contribution in [0.4, 0.5) is 5.69 Å². The van der Waals surface area contributed by atoms with Crippen molar-refractivity contribution in [1.82, 2.24) is 5.32 Å². The Morgan fingerprint density at radius 2 is 1.56 bits per heavy atom. The monoisotopic (exact) mass is 495 g/mol. The van der Waals surface area contributed by atoms with Crippen LogP contribution < -0.4 is 10.3 Å². The summed E-state index contributed by atoms with van der Waals surface area (Å²) in [4.78, 5) is 12.0. The minimum absolute atomic E-state index is 0.145. The van der Waals surface area contributed by atoms with E-state index >= 15 is 0 Å². The average Bonchev–Trinajstić information content (AvgIpc) is 3.22. The smallest absolute Gasteiger partial charge is 0.267 e. The van der Waals surface area contributed by atoms with E-state index in [1.54, 1.807) is 30.3 Å². The summed E-state index contributed by atoms with van der Waals surface area (Å²) in [6, 6.07) is 12.5. The Kier molecular flexibility index (Phi) is 11.4. The summed E-state index contributed by atoms with van der Waals surface area (Å²) in [5.41, 5.74) is 2.14. The van der Waals surface area contributed by atoms with Gasteiger partial charge in [-0.25, -0.2) is 0 Å². The fourth-order valence-corrected chi connectivity index (χ4v) is 4.10. The first kappa shape index (κ1) is 26.5. The molecular weight excluding hydrogens is 465 g/mol. The van der Waals surface area contributed by atoms with Crippen LogP contribution in [0.2, 0.25) is 15.1 Å². The van der Waals surface area contributed by atoms with E-state index in [-0.39, 0.29) is 11.9 Å². The van der Waals surface area contributed by atoms with Gasteiger partial charge in [0.25, 0.3) is 5.91 Å². The molecule has 0 spiro atoms. The van der Waals surface area contributed by atoms with E-state index in [0.717, 1.165) is 5.56 Å². The number of nitrogens with one attached hydrogen (secondary N) is 1. The lowest BCUT2D eigenvalue weighted by molar-refractivity contribution is -0.114. The van der Waals surface area contributed by atoms with Gasteiger partial charge in [-0.2, -0.15) is 5.10 Å². The number of amides is 1. The third-order valence-electron chi connectivity index (χ3n) is 5.27. The Hall–Kier alpha value is -1.75. The van der Waals surface area contributed by atoms with Gasteiger partial charge >= 0.3 is 0 Å². The second-order valence-corrected chi connectivity index (χ2v) is 9.03. The number of unbranched alkanes of at least 4 members (excludes halogenated alkanes) is 5. The number of carbonyl (C=O) groups excluding carboxylic acids is 1. The summed E-state index contributed by atoms with van der Waals surface area (Å²) >= 11 is 18.3. The van der Waals surface area contributed by atoms with Crippen molar-refractivity contribution >= 4 is 52.1 Å². The lowest BCUT2D eigenvalue weighted by atomic mass is 10.0. The summed E-state index contributed by atoms with van der Waals surface area (Å²) in [5, 5.41) is 10.5. The average molecular weight is 497 g/mol. The maximum atomic E-state index is 12.0. The molecule has 1 heterocycles. The highest BCUT2D eigenvalue weighted by Crippen LogP contribution is 2.39. The lowest BCUT2D eigenvalue weighted by Gasteiger charge is -2.25. The number of anilines is 1. The first-order chi connectivity index (χ1) is 15.4. The molecule has 1 atom stereocenters. The molecule has 2 aromatic rings. The minimum Gasteiger partial charge on any atom is -0.354 e. The molecule has 0 saturated heterocycles. The minimum atomic E-state index is -0.207. The van der Waals surface area contributed by atoms with Crippen LogP contribution in [0.3, 0.4) is 0 Å². The number of carbonyl (C=O) groups is 1. The molecule has 32 heavy (non-hydrogen) atoms. The number of hydrogen-bond donors (Lipinski definition) is 1. The topological polar surface area (TPSA) is 44.7 Å². The highest BCUT2D eigenvalue weighted by atomic mass is 35.5. The van der Waals surface area contributed by atoms with Crippen molar-refractivity contribution in [2.45, 2.75) is 64.8 Å². The van der Waals surface area contributed by atoms with Crippen molar-refractivity contribution < 1.29 is 4.79 Å². The number of halogens is 3. The van der Waals surface area contributed by atoms with Crippen molar-refractivity contribution in [2.75, 3.05) is 12.1 Å². The molecule has 4 nitrogen and oxygen atoms in total. The van der Waals surface area contributed by atoms with E-state index in [0.29, 0.717) is 32.9 Å². The van der Waals surface area contributed by atoms with Crippen molar-refractivity contribution in [3.05, 3.63) is 63.1 Å². The number of nitrogens with zero attached hydrogens (tertiary/aromatic N) is 2. The van der Waals surface area contributed by atoms with Gasteiger partial charge in [-0.05, 0) is 35.9 Å². The zero-order chi connectivity index (χ0) is 23.5. The molecule has 0 radical (unpaired) electrons. The number of rotatable bonds is 8. The van der Waals surface area contributed by atoms with Crippen LogP contribution in [0.1, 0.15) is 70.4 Å². The maximum Gasteiger partial charge on any atom is 0.267 e. The predicted molar refractivity (Wildman–Crippen MR) is 138 cm³/mol. The van der Waals surface area contributed by atoms with Crippen LogP contribution in [-0.4, -0.2) is 18.7 Å². The van der Waals surface area contributed by atoms with Gasteiger partial charge in [0.2, 0.25) is 0 Å². The third-order valence-corrected chi connectivity index (χ3v) is 6.06. The van der Waals surface area contributed by atoms with Gasteiger partial charge < -0.3 is 5.32 Å². The molecule has 2 aromatic carbocycles. The SMILES string of the molecule is CCCCCCCC.CNC(=O)C1=NN(c2ccc(Cl)cc2Cl)C(c2ccc(Cl)cc2)C1. The summed E-state index contributed by atoms with van der Waals surface area (Å²) in [6.07, 6.45) is 8.96. The highest BCUT2D eigenvalue weighted by molar-refractivity contribution is 6.40. The molecule has 1 aliphatic rings. The fraction of sp³-hybridized carbons (Fsp3) is 0.440. The lowest BCUT2D eigenvalue weighted by Crippen LogP contribution is -2.26. The van der Waals surface area contributed by atoms with E-state index in [2.05, 4.69) is 24.3 Å². The van der Waals surface area contributed by atoms with Crippen molar-refractivity contribution in [2.24, 2.45) is 5.10 Å². The second kappa shape index (κ2) is 13.7. The second-order valence-electron chi connectivity index (χ2n) is 7.75. The Morgan fingerprint density at radius 1 is 0.969 bits per heavy atom. The molecule has 0 aliphatic carbocycles. The summed E-state index contributed by atoms with van der Waals surface area (Å²) in [5.74, 6) is -0.207. The van der Waals surface area contributed by atoms with Crippen LogP contribution in [-0.2, 0) is 4.79 Å². The number of hydrazone groups is 1. The van der Waals surface area contributed by atoms with E-state index in [1.807, 2.05) is 24.3 Å². The van der Waals surface area contributed by atoms with Gasteiger partial charge in [-0.3, -0.25) is 9.80 Å². The van der Waals surface area contributed by atoms with Crippen LogP contribution in [0.15, 0.2) is 47.6 Å². The molecule has 0 fully saturated rings. The zero-order valence-electron chi connectivity index (χ0n) is 19.0.